The molecule has 1 saturated carbocycles. The van der Waals surface area contributed by atoms with Gasteiger partial charge in [0.15, 0.2) is 0 Å². The SMILES string of the molecule is CC(C)NC1(C#N)CCC(N2CCCC(C)(C)CC2)C1. The Hall–Kier alpha value is -0.590. The maximum atomic E-state index is 9.59. The van der Waals surface area contributed by atoms with Gasteiger partial charge >= 0.3 is 0 Å². The molecule has 2 atom stereocenters. The average molecular weight is 277 g/mol. The van der Waals surface area contributed by atoms with Gasteiger partial charge in [-0.2, -0.15) is 5.26 Å². The van der Waals surface area contributed by atoms with Crippen LogP contribution in [0.5, 0.6) is 0 Å². The number of nitrogens with one attached hydrogen (secondary N) is 1. The van der Waals surface area contributed by atoms with Crippen LogP contribution in [0.1, 0.15) is 66.2 Å². The average Bonchev–Trinajstić information content (AvgIpc) is 2.68. The summed E-state index contributed by atoms with van der Waals surface area (Å²) in [4.78, 5) is 2.66. The zero-order valence-electron chi connectivity index (χ0n) is 13.7. The predicted octanol–water partition coefficient (Wildman–Crippen LogP) is 3.31. The maximum Gasteiger partial charge on any atom is 0.108 e. The van der Waals surface area contributed by atoms with E-state index in [1.54, 1.807) is 0 Å². The molecule has 1 saturated heterocycles. The summed E-state index contributed by atoms with van der Waals surface area (Å²) in [7, 11) is 0. The highest BCUT2D eigenvalue weighted by molar-refractivity contribution is 5.14. The fourth-order valence-electron chi connectivity index (χ4n) is 3.96. The maximum absolute atomic E-state index is 9.59. The molecule has 0 radical (unpaired) electrons. The molecule has 2 fully saturated rings. The summed E-state index contributed by atoms with van der Waals surface area (Å²) in [6.45, 7) is 11.5. The van der Waals surface area contributed by atoms with Crippen LogP contribution in [0.2, 0.25) is 0 Å². The van der Waals surface area contributed by atoms with E-state index in [1.807, 2.05) is 0 Å². The van der Waals surface area contributed by atoms with E-state index < -0.39 is 0 Å². The minimum absolute atomic E-state index is 0.277. The third-order valence-corrected chi connectivity index (χ3v) is 5.16. The van der Waals surface area contributed by atoms with Crippen LogP contribution < -0.4 is 5.32 Å². The first kappa shape index (κ1) is 15.8. The lowest BCUT2D eigenvalue weighted by molar-refractivity contribution is 0.190. The van der Waals surface area contributed by atoms with E-state index in [2.05, 4.69) is 44.0 Å². The number of nitriles is 1. The number of hydrogen-bond acceptors (Lipinski definition) is 3. The van der Waals surface area contributed by atoms with Crippen molar-refractivity contribution in [1.29, 1.82) is 5.26 Å². The molecule has 2 unspecified atom stereocenters. The summed E-state index contributed by atoms with van der Waals surface area (Å²) < 4.78 is 0. The second kappa shape index (κ2) is 6.03. The van der Waals surface area contributed by atoms with Gasteiger partial charge in [-0.05, 0) is 70.9 Å². The van der Waals surface area contributed by atoms with Gasteiger partial charge in [-0.3, -0.25) is 5.32 Å². The summed E-state index contributed by atoms with van der Waals surface area (Å²) in [6, 6.07) is 3.56. The molecule has 1 N–H and O–H groups in total. The normalized spacial score (nSPS) is 34.9. The van der Waals surface area contributed by atoms with Crippen LogP contribution in [-0.2, 0) is 0 Å². The van der Waals surface area contributed by atoms with Crippen LogP contribution >= 0.6 is 0 Å². The second-order valence-corrected chi connectivity index (χ2v) is 7.94. The molecule has 0 spiro atoms. The lowest BCUT2D eigenvalue weighted by atomic mass is 9.85. The predicted molar refractivity (Wildman–Crippen MR) is 83.5 cm³/mol. The number of hydrogen-bond donors (Lipinski definition) is 1. The number of rotatable bonds is 3. The summed E-state index contributed by atoms with van der Waals surface area (Å²) in [5.41, 5.74) is 0.219. The fourth-order valence-corrected chi connectivity index (χ4v) is 3.96. The van der Waals surface area contributed by atoms with Crippen molar-refractivity contribution in [2.24, 2.45) is 5.41 Å². The molecule has 114 valence electrons. The van der Waals surface area contributed by atoms with E-state index >= 15 is 0 Å². The lowest BCUT2D eigenvalue weighted by Gasteiger charge is -2.30. The van der Waals surface area contributed by atoms with Gasteiger partial charge in [-0.1, -0.05) is 13.8 Å². The number of nitrogens with zero attached hydrogens (tertiary/aromatic N) is 2. The smallest absolute Gasteiger partial charge is 0.108 e. The summed E-state index contributed by atoms with van der Waals surface area (Å²) in [5.74, 6) is 0. The van der Waals surface area contributed by atoms with Gasteiger partial charge in [0.05, 0.1) is 6.07 Å². The molecule has 0 aromatic carbocycles. The van der Waals surface area contributed by atoms with Crippen LogP contribution in [0, 0.1) is 16.7 Å². The molecule has 3 heteroatoms. The van der Waals surface area contributed by atoms with Crippen molar-refractivity contribution in [3.8, 4) is 6.07 Å². The van der Waals surface area contributed by atoms with Crippen molar-refractivity contribution in [1.82, 2.24) is 10.2 Å². The van der Waals surface area contributed by atoms with E-state index in [4.69, 9.17) is 0 Å². The van der Waals surface area contributed by atoms with Gasteiger partial charge in [0.25, 0.3) is 0 Å². The van der Waals surface area contributed by atoms with Crippen molar-refractivity contribution in [2.75, 3.05) is 13.1 Å². The number of likely N-dealkylation sites (tertiary alicyclic amines) is 1. The Balaban J connectivity index is 1.97. The van der Waals surface area contributed by atoms with E-state index in [9.17, 15) is 5.26 Å². The van der Waals surface area contributed by atoms with Crippen molar-refractivity contribution in [3.63, 3.8) is 0 Å². The molecule has 0 aromatic heterocycles. The Morgan fingerprint density at radius 3 is 2.60 bits per heavy atom. The molecule has 1 aliphatic carbocycles. The molecule has 0 amide bonds. The summed E-state index contributed by atoms with van der Waals surface area (Å²) in [6.07, 6.45) is 7.12. The van der Waals surface area contributed by atoms with Crippen LogP contribution in [0.25, 0.3) is 0 Å². The Morgan fingerprint density at radius 1 is 1.20 bits per heavy atom. The van der Waals surface area contributed by atoms with Crippen molar-refractivity contribution >= 4 is 0 Å². The molecule has 3 nitrogen and oxygen atoms in total. The summed E-state index contributed by atoms with van der Waals surface area (Å²) in [5, 5.41) is 13.1. The lowest BCUT2D eigenvalue weighted by Crippen LogP contribution is -2.47. The summed E-state index contributed by atoms with van der Waals surface area (Å²) >= 11 is 0. The molecular formula is C17H31N3. The van der Waals surface area contributed by atoms with Crippen molar-refractivity contribution in [3.05, 3.63) is 0 Å². The first-order chi connectivity index (χ1) is 9.36. The Bertz CT molecular complexity index is 369. The van der Waals surface area contributed by atoms with Crippen LogP contribution in [0.4, 0.5) is 0 Å². The molecule has 2 rings (SSSR count). The van der Waals surface area contributed by atoms with Gasteiger partial charge < -0.3 is 4.90 Å². The third kappa shape index (κ3) is 3.74. The Labute approximate surface area is 124 Å². The topological polar surface area (TPSA) is 39.1 Å². The molecule has 20 heavy (non-hydrogen) atoms. The highest BCUT2D eigenvalue weighted by atomic mass is 15.2. The van der Waals surface area contributed by atoms with Crippen LogP contribution in [-0.4, -0.2) is 35.6 Å². The van der Waals surface area contributed by atoms with Crippen molar-refractivity contribution < 1.29 is 0 Å². The zero-order valence-corrected chi connectivity index (χ0v) is 13.7. The van der Waals surface area contributed by atoms with Crippen molar-refractivity contribution in [2.45, 2.75) is 83.8 Å². The standard InChI is InChI=1S/C17H31N3/c1-14(2)19-17(13-18)8-6-15(12-17)20-10-5-7-16(3,4)9-11-20/h14-15,19H,5-12H2,1-4H3. The Morgan fingerprint density at radius 2 is 1.95 bits per heavy atom. The quantitative estimate of drug-likeness (QED) is 0.860. The molecular weight excluding hydrogens is 246 g/mol. The highest BCUT2D eigenvalue weighted by Gasteiger charge is 2.42. The molecule has 0 bridgehead atoms. The minimum Gasteiger partial charge on any atom is -0.300 e. The Kier molecular flexibility index (Phi) is 4.76. The third-order valence-electron chi connectivity index (χ3n) is 5.16. The van der Waals surface area contributed by atoms with Gasteiger partial charge in [-0.15, -0.1) is 0 Å². The monoisotopic (exact) mass is 277 g/mol. The first-order valence-corrected chi connectivity index (χ1v) is 8.29. The van der Waals surface area contributed by atoms with Gasteiger partial charge in [0.1, 0.15) is 5.54 Å². The van der Waals surface area contributed by atoms with E-state index in [-0.39, 0.29) is 5.54 Å². The highest BCUT2D eigenvalue weighted by Crippen LogP contribution is 2.36. The molecule has 1 heterocycles. The van der Waals surface area contributed by atoms with Crippen LogP contribution in [0.3, 0.4) is 0 Å². The first-order valence-electron chi connectivity index (χ1n) is 8.29. The molecule has 2 aliphatic rings. The van der Waals surface area contributed by atoms with E-state index in [0.717, 1.165) is 12.8 Å². The van der Waals surface area contributed by atoms with Gasteiger partial charge in [-0.25, -0.2) is 0 Å². The second-order valence-electron chi connectivity index (χ2n) is 7.94. The zero-order chi connectivity index (χ0) is 14.8. The minimum atomic E-state index is -0.277. The molecule has 0 aromatic rings. The van der Waals surface area contributed by atoms with E-state index in [1.165, 1.54) is 38.8 Å². The van der Waals surface area contributed by atoms with Gasteiger partial charge in [0.2, 0.25) is 0 Å². The van der Waals surface area contributed by atoms with Gasteiger partial charge in [0, 0.05) is 12.1 Å². The van der Waals surface area contributed by atoms with Crippen LogP contribution in [0.15, 0.2) is 0 Å². The largest absolute Gasteiger partial charge is 0.300 e. The fraction of sp³-hybridized carbons (Fsp3) is 0.941. The van der Waals surface area contributed by atoms with E-state index in [0.29, 0.717) is 17.5 Å². The molecule has 1 aliphatic heterocycles.